The Morgan fingerprint density at radius 2 is 1.53 bits per heavy atom. The molecule has 2 rings (SSSR count). The molecule has 0 spiro atoms. The number of fused-ring (bicyclic) bond motifs is 1. The molecule has 0 N–H and O–H groups in total. The van der Waals surface area contributed by atoms with Gasteiger partial charge in [0.15, 0.2) is 19.7 Å². The highest BCUT2D eigenvalue weighted by molar-refractivity contribution is 7.96. The second kappa shape index (κ2) is 4.88. The molecule has 4 nitrogen and oxygen atoms in total. The van der Waals surface area contributed by atoms with E-state index < -0.39 is 19.7 Å². The van der Waals surface area contributed by atoms with Gasteiger partial charge in [0.1, 0.15) is 9.10 Å². The lowest BCUT2D eigenvalue weighted by atomic mass is 10.3. The Kier molecular flexibility index (Phi) is 3.72. The second-order valence-electron chi connectivity index (χ2n) is 4.02. The fraction of sp³-hybridized carbons (Fsp3) is 0.333. The summed E-state index contributed by atoms with van der Waals surface area (Å²) >= 11 is 1.03. The summed E-state index contributed by atoms with van der Waals surface area (Å²) in [6, 6.07) is 6.88. The first-order chi connectivity index (χ1) is 8.83. The van der Waals surface area contributed by atoms with Crippen LogP contribution in [0.25, 0.3) is 10.1 Å². The Morgan fingerprint density at radius 1 is 0.947 bits per heavy atom. The van der Waals surface area contributed by atoms with Crippen LogP contribution in [0.2, 0.25) is 0 Å². The molecule has 0 bridgehead atoms. The number of hydrogen-bond acceptors (Lipinski definition) is 5. The second-order valence-corrected chi connectivity index (χ2v) is 9.76. The van der Waals surface area contributed by atoms with Crippen LogP contribution in [0.1, 0.15) is 13.8 Å². The zero-order chi connectivity index (χ0) is 14.3. The van der Waals surface area contributed by atoms with E-state index in [1.807, 2.05) is 0 Å². The van der Waals surface area contributed by atoms with E-state index in [4.69, 9.17) is 0 Å². The Hall–Kier alpha value is -0.920. The van der Waals surface area contributed by atoms with Gasteiger partial charge in [0.25, 0.3) is 0 Å². The van der Waals surface area contributed by atoms with E-state index >= 15 is 0 Å². The molecule has 19 heavy (non-hydrogen) atoms. The van der Waals surface area contributed by atoms with E-state index in [2.05, 4.69) is 0 Å². The average molecular weight is 318 g/mol. The quantitative estimate of drug-likeness (QED) is 0.868. The topological polar surface area (TPSA) is 68.3 Å². The van der Waals surface area contributed by atoms with Gasteiger partial charge in [0.05, 0.1) is 11.5 Å². The summed E-state index contributed by atoms with van der Waals surface area (Å²) in [4.78, 5) is -0.0301. The molecule has 0 saturated heterocycles. The number of sulfone groups is 2. The summed E-state index contributed by atoms with van der Waals surface area (Å²) in [5.41, 5.74) is 0. The lowest BCUT2D eigenvalue weighted by Gasteiger charge is -2.04. The molecule has 0 amide bonds. The van der Waals surface area contributed by atoms with Crippen molar-refractivity contribution < 1.29 is 16.8 Å². The van der Waals surface area contributed by atoms with Gasteiger partial charge in [-0.3, -0.25) is 0 Å². The van der Waals surface area contributed by atoms with Crippen molar-refractivity contribution in [2.24, 2.45) is 0 Å². The largest absolute Gasteiger partial charge is 0.224 e. The van der Waals surface area contributed by atoms with Crippen LogP contribution < -0.4 is 0 Å². The minimum Gasteiger partial charge on any atom is -0.224 e. The van der Waals surface area contributed by atoms with Gasteiger partial charge in [-0.25, -0.2) is 16.8 Å². The SMILES string of the molecule is CCS(=O)(=O)c1sc2ccccc2c1S(=O)(=O)CC. The standard InChI is InChI=1S/C12H14O4S3/c1-3-18(13,14)11-9-7-5-6-8-10(9)17-12(11)19(15,16)4-2/h5-8H,3-4H2,1-2H3. The molecule has 1 aromatic heterocycles. The van der Waals surface area contributed by atoms with Gasteiger partial charge in [-0.1, -0.05) is 32.0 Å². The Labute approximate surface area is 116 Å². The summed E-state index contributed by atoms with van der Waals surface area (Å²) in [5.74, 6) is -0.216. The number of rotatable bonds is 4. The van der Waals surface area contributed by atoms with Gasteiger partial charge in [-0.15, -0.1) is 11.3 Å². The maximum Gasteiger partial charge on any atom is 0.188 e. The van der Waals surface area contributed by atoms with Crippen LogP contribution in [0.3, 0.4) is 0 Å². The molecule has 0 aliphatic carbocycles. The maximum atomic E-state index is 12.2. The number of thiophene rings is 1. The zero-order valence-corrected chi connectivity index (χ0v) is 13.0. The van der Waals surface area contributed by atoms with Crippen LogP contribution in [0, 0.1) is 0 Å². The zero-order valence-electron chi connectivity index (χ0n) is 10.6. The van der Waals surface area contributed by atoms with Crippen molar-refractivity contribution in [2.75, 3.05) is 11.5 Å². The minimum atomic E-state index is -3.57. The summed E-state index contributed by atoms with van der Waals surface area (Å²) in [5, 5.41) is 0.501. The molecule has 2 aromatic rings. The predicted octanol–water partition coefficient (Wildman–Crippen LogP) is 2.49. The monoisotopic (exact) mass is 318 g/mol. The van der Waals surface area contributed by atoms with E-state index in [0.717, 1.165) is 11.3 Å². The molecule has 0 radical (unpaired) electrons. The highest BCUT2D eigenvalue weighted by Gasteiger charge is 2.29. The van der Waals surface area contributed by atoms with Crippen molar-refractivity contribution in [1.82, 2.24) is 0 Å². The molecule has 0 fully saturated rings. The van der Waals surface area contributed by atoms with Gasteiger partial charge in [-0.2, -0.15) is 0 Å². The third-order valence-electron chi connectivity index (χ3n) is 2.87. The highest BCUT2D eigenvalue weighted by atomic mass is 32.2. The fourth-order valence-electron chi connectivity index (χ4n) is 1.77. The first-order valence-corrected chi connectivity index (χ1v) is 9.92. The lowest BCUT2D eigenvalue weighted by molar-refractivity contribution is 0.587. The third-order valence-corrected chi connectivity index (χ3v) is 8.44. The van der Waals surface area contributed by atoms with Crippen LogP contribution in [0.4, 0.5) is 0 Å². The molecule has 1 heterocycles. The smallest absolute Gasteiger partial charge is 0.188 e. The first kappa shape index (κ1) is 14.5. The maximum absolute atomic E-state index is 12.2. The minimum absolute atomic E-state index is 0.0296. The normalized spacial score (nSPS) is 12.9. The molecule has 1 aromatic carbocycles. The van der Waals surface area contributed by atoms with Gasteiger partial charge in [0.2, 0.25) is 0 Å². The summed E-state index contributed by atoms with van der Waals surface area (Å²) in [6.45, 7) is 3.03. The number of benzene rings is 1. The van der Waals surface area contributed by atoms with Gasteiger partial charge < -0.3 is 0 Å². The van der Waals surface area contributed by atoms with Crippen LogP contribution in [-0.2, 0) is 19.7 Å². The average Bonchev–Trinajstić information content (AvgIpc) is 2.79. The predicted molar refractivity (Wildman–Crippen MR) is 77.3 cm³/mol. The van der Waals surface area contributed by atoms with Crippen molar-refractivity contribution in [3.8, 4) is 0 Å². The molecule has 0 aliphatic heterocycles. The van der Waals surface area contributed by atoms with E-state index in [9.17, 15) is 16.8 Å². The third kappa shape index (κ3) is 2.42. The van der Waals surface area contributed by atoms with E-state index in [1.165, 1.54) is 13.8 Å². The molecule has 0 aliphatic rings. The molecular weight excluding hydrogens is 304 g/mol. The van der Waals surface area contributed by atoms with Crippen LogP contribution >= 0.6 is 11.3 Å². The molecule has 0 saturated carbocycles. The van der Waals surface area contributed by atoms with Crippen molar-refractivity contribution in [3.63, 3.8) is 0 Å². The summed E-state index contributed by atoms with van der Waals surface area (Å²) < 4.78 is 49.3. The fourth-order valence-corrected chi connectivity index (χ4v) is 6.78. The van der Waals surface area contributed by atoms with Crippen molar-refractivity contribution in [2.45, 2.75) is 23.0 Å². The van der Waals surface area contributed by atoms with Crippen LogP contribution in [0.5, 0.6) is 0 Å². The van der Waals surface area contributed by atoms with Gasteiger partial charge >= 0.3 is 0 Å². The Morgan fingerprint density at radius 3 is 2.11 bits per heavy atom. The highest BCUT2D eigenvalue weighted by Crippen LogP contribution is 2.38. The van der Waals surface area contributed by atoms with Gasteiger partial charge in [0, 0.05) is 10.1 Å². The van der Waals surface area contributed by atoms with Crippen molar-refractivity contribution in [3.05, 3.63) is 24.3 Å². The first-order valence-electron chi connectivity index (χ1n) is 5.80. The summed E-state index contributed by atoms with van der Waals surface area (Å²) in [7, 11) is -7.12. The van der Waals surface area contributed by atoms with Crippen molar-refractivity contribution >= 4 is 41.1 Å². The molecule has 0 unspecified atom stereocenters. The molecule has 0 atom stereocenters. The van der Waals surface area contributed by atoms with E-state index in [-0.39, 0.29) is 20.6 Å². The van der Waals surface area contributed by atoms with E-state index in [1.54, 1.807) is 24.3 Å². The van der Waals surface area contributed by atoms with Crippen LogP contribution in [0.15, 0.2) is 33.4 Å². The Bertz CT molecular complexity index is 814. The molecular formula is C12H14O4S3. The summed E-state index contributed by atoms with van der Waals surface area (Å²) in [6.07, 6.45) is 0. The van der Waals surface area contributed by atoms with E-state index in [0.29, 0.717) is 10.1 Å². The molecule has 7 heteroatoms. The van der Waals surface area contributed by atoms with Crippen molar-refractivity contribution in [1.29, 1.82) is 0 Å². The van der Waals surface area contributed by atoms with Gasteiger partial charge in [-0.05, 0) is 6.07 Å². The lowest BCUT2D eigenvalue weighted by Crippen LogP contribution is -2.10. The molecule has 104 valence electrons. The Balaban J connectivity index is 2.97. The van der Waals surface area contributed by atoms with Crippen LogP contribution in [-0.4, -0.2) is 28.3 Å². The number of hydrogen-bond donors (Lipinski definition) is 0.